The molecule has 5 heteroatoms. The highest BCUT2D eigenvalue weighted by Crippen LogP contribution is 1.97. The van der Waals surface area contributed by atoms with E-state index in [9.17, 15) is 4.79 Å². The fraction of sp³-hybridized carbons (Fsp3) is 0.833. The maximum Gasteiger partial charge on any atom is 0.303 e. The van der Waals surface area contributed by atoms with E-state index >= 15 is 0 Å². The summed E-state index contributed by atoms with van der Waals surface area (Å²) in [5, 5.41) is 8.18. The molecule has 0 aliphatic carbocycles. The Balaban J connectivity index is -0.000000320. The molecule has 0 rings (SSSR count). The van der Waals surface area contributed by atoms with Crippen LogP contribution in [0.15, 0.2) is 0 Å². The van der Waals surface area contributed by atoms with Gasteiger partial charge >= 0.3 is 5.97 Å². The van der Waals surface area contributed by atoms with Crippen molar-refractivity contribution in [2.24, 2.45) is 5.73 Å². The lowest BCUT2D eigenvalue weighted by molar-refractivity contribution is -0.137. The first-order valence-electron chi connectivity index (χ1n) is 3.19. The standard InChI is InChI=1S/C6H13NO2.2ClH/c7-5-3-1-2-4-6(8)9;;/h1-5,7H2,(H,8,9);2*1H. The number of carbonyl (C=O) groups is 1. The maximum atomic E-state index is 9.93. The summed E-state index contributed by atoms with van der Waals surface area (Å²) in [5.74, 6) is -0.716. The third-order valence-corrected chi connectivity index (χ3v) is 1.09. The summed E-state index contributed by atoms with van der Waals surface area (Å²) in [6, 6.07) is 0. The molecule has 0 heterocycles. The minimum Gasteiger partial charge on any atom is -0.481 e. The SMILES string of the molecule is Cl.Cl.NCCCCCC(=O)O. The van der Waals surface area contributed by atoms with E-state index in [1.165, 1.54) is 0 Å². The topological polar surface area (TPSA) is 63.3 Å². The fourth-order valence-electron chi connectivity index (χ4n) is 0.597. The first-order chi connectivity index (χ1) is 4.27. The Morgan fingerprint density at radius 2 is 1.73 bits per heavy atom. The van der Waals surface area contributed by atoms with Crippen molar-refractivity contribution in [2.45, 2.75) is 25.7 Å². The van der Waals surface area contributed by atoms with E-state index in [-0.39, 0.29) is 31.2 Å². The summed E-state index contributed by atoms with van der Waals surface area (Å²) < 4.78 is 0. The van der Waals surface area contributed by atoms with E-state index in [2.05, 4.69) is 0 Å². The summed E-state index contributed by atoms with van der Waals surface area (Å²) in [6.45, 7) is 0.666. The zero-order valence-corrected chi connectivity index (χ0v) is 7.92. The molecule has 0 aromatic heterocycles. The van der Waals surface area contributed by atoms with E-state index < -0.39 is 5.97 Å². The van der Waals surface area contributed by atoms with Crippen molar-refractivity contribution in [1.29, 1.82) is 0 Å². The lowest BCUT2D eigenvalue weighted by Crippen LogP contribution is -1.99. The minimum absolute atomic E-state index is 0. The van der Waals surface area contributed by atoms with Gasteiger partial charge in [0.15, 0.2) is 0 Å². The third-order valence-electron chi connectivity index (χ3n) is 1.09. The van der Waals surface area contributed by atoms with Gasteiger partial charge in [-0.25, -0.2) is 0 Å². The smallest absolute Gasteiger partial charge is 0.303 e. The van der Waals surface area contributed by atoms with Gasteiger partial charge in [-0.1, -0.05) is 6.42 Å². The largest absolute Gasteiger partial charge is 0.481 e. The monoisotopic (exact) mass is 203 g/mol. The van der Waals surface area contributed by atoms with Crippen LogP contribution in [0.25, 0.3) is 0 Å². The summed E-state index contributed by atoms with van der Waals surface area (Å²) in [6.07, 6.45) is 2.91. The average Bonchev–Trinajstić information content (AvgIpc) is 1.80. The van der Waals surface area contributed by atoms with E-state index in [4.69, 9.17) is 10.8 Å². The normalized spacial score (nSPS) is 7.73. The van der Waals surface area contributed by atoms with Crippen LogP contribution >= 0.6 is 24.8 Å². The number of unbranched alkanes of at least 4 members (excludes halogenated alkanes) is 2. The Morgan fingerprint density at radius 1 is 1.18 bits per heavy atom. The van der Waals surface area contributed by atoms with Crippen molar-refractivity contribution in [3.8, 4) is 0 Å². The molecule has 0 aromatic carbocycles. The second kappa shape index (κ2) is 12.7. The quantitative estimate of drug-likeness (QED) is 0.666. The molecule has 0 spiro atoms. The Labute approximate surface area is 79.2 Å². The van der Waals surface area contributed by atoms with Crippen molar-refractivity contribution in [3.05, 3.63) is 0 Å². The number of carboxylic acid groups (broad SMARTS) is 1. The summed E-state index contributed by atoms with van der Waals surface area (Å²) >= 11 is 0. The van der Waals surface area contributed by atoms with Crippen molar-refractivity contribution in [1.82, 2.24) is 0 Å². The number of hydrogen-bond donors (Lipinski definition) is 2. The van der Waals surface area contributed by atoms with Crippen molar-refractivity contribution >= 4 is 30.8 Å². The number of nitrogens with two attached hydrogens (primary N) is 1. The molecule has 0 saturated carbocycles. The van der Waals surface area contributed by atoms with Crippen molar-refractivity contribution < 1.29 is 9.90 Å². The Kier molecular flexibility index (Phi) is 19.8. The highest BCUT2D eigenvalue weighted by atomic mass is 35.5. The zero-order valence-electron chi connectivity index (χ0n) is 6.28. The van der Waals surface area contributed by atoms with E-state index in [1.807, 2.05) is 0 Å². The molecule has 0 aliphatic heterocycles. The van der Waals surface area contributed by atoms with Crippen LogP contribution in [0.2, 0.25) is 0 Å². The van der Waals surface area contributed by atoms with Crippen molar-refractivity contribution in [3.63, 3.8) is 0 Å². The van der Waals surface area contributed by atoms with Crippen LogP contribution in [0.4, 0.5) is 0 Å². The third kappa shape index (κ3) is 17.8. The summed E-state index contributed by atoms with van der Waals surface area (Å²) in [7, 11) is 0. The number of carboxylic acids is 1. The highest BCUT2D eigenvalue weighted by Gasteiger charge is 1.94. The molecule has 0 unspecified atom stereocenters. The van der Waals surface area contributed by atoms with Gasteiger partial charge in [-0.2, -0.15) is 0 Å². The first-order valence-corrected chi connectivity index (χ1v) is 3.19. The maximum absolute atomic E-state index is 9.93. The lowest BCUT2D eigenvalue weighted by Gasteiger charge is -1.93. The Hall–Kier alpha value is 0.01000. The van der Waals surface area contributed by atoms with Crippen LogP contribution in [-0.4, -0.2) is 17.6 Å². The molecule has 11 heavy (non-hydrogen) atoms. The second-order valence-electron chi connectivity index (χ2n) is 1.99. The van der Waals surface area contributed by atoms with Gasteiger partial charge in [0.25, 0.3) is 0 Å². The molecule has 0 bridgehead atoms. The molecule has 3 N–H and O–H groups in total. The Bertz CT molecular complexity index is 90.7. The summed E-state index contributed by atoms with van der Waals surface area (Å²) in [5.41, 5.74) is 5.20. The van der Waals surface area contributed by atoms with Crippen LogP contribution < -0.4 is 5.73 Å². The minimum atomic E-state index is -0.716. The van der Waals surface area contributed by atoms with E-state index in [0.717, 1.165) is 19.3 Å². The molecule has 0 aromatic rings. The lowest BCUT2D eigenvalue weighted by atomic mass is 10.2. The van der Waals surface area contributed by atoms with Gasteiger partial charge in [0.2, 0.25) is 0 Å². The van der Waals surface area contributed by atoms with Crippen molar-refractivity contribution in [2.75, 3.05) is 6.54 Å². The first kappa shape index (κ1) is 17.2. The fourth-order valence-corrected chi connectivity index (χ4v) is 0.597. The number of aliphatic carboxylic acids is 1. The van der Waals surface area contributed by atoms with Gasteiger partial charge in [-0.05, 0) is 19.4 Å². The molecule has 70 valence electrons. The van der Waals surface area contributed by atoms with Gasteiger partial charge in [0.1, 0.15) is 0 Å². The molecule has 0 fully saturated rings. The second-order valence-corrected chi connectivity index (χ2v) is 1.99. The predicted octanol–water partition coefficient (Wildman–Crippen LogP) is 1.43. The van der Waals surface area contributed by atoms with Gasteiger partial charge in [-0.15, -0.1) is 24.8 Å². The molecule has 0 saturated heterocycles. The average molecular weight is 204 g/mol. The predicted molar refractivity (Wildman–Crippen MR) is 49.7 cm³/mol. The van der Waals surface area contributed by atoms with Crippen LogP contribution in [0.5, 0.6) is 0 Å². The molecular formula is C6H15Cl2NO2. The van der Waals surface area contributed by atoms with Crippen LogP contribution in [0.1, 0.15) is 25.7 Å². The van der Waals surface area contributed by atoms with Crippen LogP contribution in [0, 0.1) is 0 Å². The van der Waals surface area contributed by atoms with E-state index in [0.29, 0.717) is 6.54 Å². The van der Waals surface area contributed by atoms with Crippen LogP contribution in [0.3, 0.4) is 0 Å². The molecule has 0 atom stereocenters. The molecule has 0 amide bonds. The highest BCUT2D eigenvalue weighted by molar-refractivity contribution is 5.85. The number of halogens is 2. The number of hydrogen-bond acceptors (Lipinski definition) is 2. The number of rotatable bonds is 5. The summed E-state index contributed by atoms with van der Waals surface area (Å²) in [4.78, 5) is 9.93. The van der Waals surface area contributed by atoms with Crippen LogP contribution in [-0.2, 0) is 4.79 Å². The molecule has 0 aliphatic rings. The van der Waals surface area contributed by atoms with Gasteiger partial charge in [0.05, 0.1) is 0 Å². The van der Waals surface area contributed by atoms with Gasteiger partial charge in [0, 0.05) is 6.42 Å². The molecular weight excluding hydrogens is 189 g/mol. The molecule has 3 nitrogen and oxygen atoms in total. The molecule has 0 radical (unpaired) electrons. The van der Waals surface area contributed by atoms with Gasteiger partial charge in [-0.3, -0.25) is 4.79 Å². The Morgan fingerprint density at radius 3 is 2.09 bits per heavy atom. The zero-order chi connectivity index (χ0) is 7.11. The van der Waals surface area contributed by atoms with E-state index in [1.54, 1.807) is 0 Å². The van der Waals surface area contributed by atoms with Gasteiger partial charge < -0.3 is 10.8 Å².